The molecule has 3 aromatic rings. The van der Waals surface area contributed by atoms with E-state index in [1.807, 2.05) is 48.5 Å². The third-order valence-corrected chi connectivity index (χ3v) is 3.41. The third-order valence-electron chi connectivity index (χ3n) is 3.41. The van der Waals surface area contributed by atoms with Crippen LogP contribution in [0.3, 0.4) is 0 Å². The van der Waals surface area contributed by atoms with Crippen molar-refractivity contribution in [3.8, 4) is 17.2 Å². The molecule has 0 saturated carbocycles. The number of nitrogens with zero attached hydrogens (tertiary/aromatic N) is 3. The molecule has 0 aliphatic rings. The summed E-state index contributed by atoms with van der Waals surface area (Å²) in [6.45, 7) is 0.0502. The molecule has 0 aliphatic carbocycles. The molecule has 2 aromatic carbocycles. The van der Waals surface area contributed by atoms with Gasteiger partial charge in [-0.2, -0.15) is 0 Å². The Labute approximate surface area is 133 Å². The summed E-state index contributed by atoms with van der Waals surface area (Å²) >= 11 is 0. The fourth-order valence-electron chi connectivity index (χ4n) is 2.22. The Hall–Kier alpha value is -2.86. The smallest absolute Gasteiger partial charge is 0.132 e. The zero-order valence-electron chi connectivity index (χ0n) is 12.7. The van der Waals surface area contributed by atoms with Crippen molar-refractivity contribution in [1.29, 1.82) is 0 Å². The SMILES string of the molecule is COc1cccc(OCc2c(CO)nnn2-c2ccccc2)c1. The average Bonchev–Trinajstić information content (AvgIpc) is 3.04. The first-order chi connectivity index (χ1) is 11.3. The first kappa shape index (κ1) is 15.1. The summed E-state index contributed by atoms with van der Waals surface area (Å²) < 4.78 is 12.7. The van der Waals surface area contributed by atoms with Crippen LogP contribution in [0.4, 0.5) is 0 Å². The van der Waals surface area contributed by atoms with E-state index in [2.05, 4.69) is 10.3 Å². The minimum atomic E-state index is -0.191. The maximum Gasteiger partial charge on any atom is 0.132 e. The fourth-order valence-corrected chi connectivity index (χ4v) is 2.22. The van der Waals surface area contributed by atoms with Gasteiger partial charge in [0.15, 0.2) is 0 Å². The molecular formula is C17H17N3O3. The predicted octanol–water partition coefficient (Wildman–Crippen LogP) is 2.35. The minimum absolute atomic E-state index is 0.191. The number of rotatable bonds is 6. The molecule has 0 bridgehead atoms. The lowest BCUT2D eigenvalue weighted by atomic mass is 10.3. The van der Waals surface area contributed by atoms with Gasteiger partial charge in [-0.1, -0.05) is 29.5 Å². The summed E-state index contributed by atoms with van der Waals surface area (Å²) in [6, 6.07) is 17.0. The number of benzene rings is 2. The summed E-state index contributed by atoms with van der Waals surface area (Å²) in [5.41, 5.74) is 2.07. The number of hydrogen-bond donors (Lipinski definition) is 1. The van der Waals surface area contributed by atoms with E-state index in [1.54, 1.807) is 17.9 Å². The van der Waals surface area contributed by atoms with Crippen molar-refractivity contribution in [1.82, 2.24) is 15.0 Å². The Morgan fingerprint density at radius 1 is 1.04 bits per heavy atom. The standard InChI is InChI=1S/C17H17N3O3/c1-22-14-8-5-9-15(10-14)23-12-17-16(11-21)18-19-20(17)13-6-3-2-4-7-13/h2-10,21H,11-12H2,1H3. The Balaban J connectivity index is 1.85. The maximum absolute atomic E-state index is 9.47. The van der Waals surface area contributed by atoms with Gasteiger partial charge in [0.1, 0.15) is 29.5 Å². The number of ether oxygens (including phenoxy) is 2. The lowest BCUT2D eigenvalue weighted by Crippen LogP contribution is -2.07. The molecule has 23 heavy (non-hydrogen) atoms. The average molecular weight is 311 g/mol. The highest BCUT2D eigenvalue weighted by Crippen LogP contribution is 2.21. The summed E-state index contributed by atoms with van der Waals surface area (Å²) in [5, 5.41) is 17.6. The van der Waals surface area contributed by atoms with E-state index in [0.717, 1.165) is 11.4 Å². The van der Waals surface area contributed by atoms with E-state index in [0.29, 0.717) is 17.1 Å². The molecule has 118 valence electrons. The van der Waals surface area contributed by atoms with Gasteiger partial charge < -0.3 is 14.6 Å². The van der Waals surface area contributed by atoms with Crippen molar-refractivity contribution in [2.75, 3.05) is 7.11 Å². The number of aliphatic hydroxyl groups is 1. The van der Waals surface area contributed by atoms with E-state index >= 15 is 0 Å². The van der Waals surface area contributed by atoms with Crippen LogP contribution >= 0.6 is 0 Å². The molecule has 0 radical (unpaired) electrons. The molecule has 0 fully saturated rings. The second-order valence-corrected chi connectivity index (χ2v) is 4.86. The van der Waals surface area contributed by atoms with E-state index in [9.17, 15) is 5.11 Å². The van der Waals surface area contributed by atoms with Gasteiger partial charge in [-0.05, 0) is 24.3 Å². The van der Waals surface area contributed by atoms with Crippen LogP contribution in [0.5, 0.6) is 11.5 Å². The highest BCUT2D eigenvalue weighted by Gasteiger charge is 2.14. The predicted molar refractivity (Wildman–Crippen MR) is 84.6 cm³/mol. The zero-order chi connectivity index (χ0) is 16.1. The van der Waals surface area contributed by atoms with Crippen LogP contribution in [0.1, 0.15) is 11.4 Å². The fraction of sp³-hybridized carbons (Fsp3) is 0.176. The van der Waals surface area contributed by atoms with Crippen molar-refractivity contribution in [2.45, 2.75) is 13.2 Å². The third kappa shape index (κ3) is 3.32. The van der Waals surface area contributed by atoms with Crippen LogP contribution < -0.4 is 9.47 Å². The molecule has 3 rings (SSSR count). The molecular weight excluding hydrogens is 294 g/mol. The van der Waals surface area contributed by atoms with E-state index < -0.39 is 0 Å². The van der Waals surface area contributed by atoms with E-state index in [4.69, 9.17) is 9.47 Å². The summed E-state index contributed by atoms with van der Waals surface area (Å²) in [7, 11) is 1.61. The normalized spacial score (nSPS) is 10.5. The van der Waals surface area contributed by atoms with Gasteiger partial charge in [-0.3, -0.25) is 0 Å². The van der Waals surface area contributed by atoms with Gasteiger partial charge in [0.05, 0.1) is 19.4 Å². The van der Waals surface area contributed by atoms with Crippen LogP contribution in [-0.4, -0.2) is 27.2 Å². The Morgan fingerprint density at radius 3 is 2.57 bits per heavy atom. The summed E-state index contributed by atoms with van der Waals surface area (Å²) in [5.74, 6) is 1.40. The molecule has 1 N–H and O–H groups in total. The maximum atomic E-state index is 9.47. The lowest BCUT2D eigenvalue weighted by Gasteiger charge is -2.10. The molecule has 0 aliphatic heterocycles. The number of methoxy groups -OCH3 is 1. The van der Waals surface area contributed by atoms with Gasteiger partial charge >= 0.3 is 0 Å². The molecule has 0 spiro atoms. The van der Waals surface area contributed by atoms with Crippen molar-refractivity contribution < 1.29 is 14.6 Å². The molecule has 0 atom stereocenters. The minimum Gasteiger partial charge on any atom is -0.497 e. The van der Waals surface area contributed by atoms with Crippen molar-refractivity contribution in [3.05, 3.63) is 66.0 Å². The van der Waals surface area contributed by atoms with Crippen molar-refractivity contribution in [3.63, 3.8) is 0 Å². The second-order valence-electron chi connectivity index (χ2n) is 4.86. The van der Waals surface area contributed by atoms with Crippen LogP contribution in [0.2, 0.25) is 0 Å². The molecule has 0 saturated heterocycles. The van der Waals surface area contributed by atoms with E-state index in [1.165, 1.54) is 0 Å². The summed E-state index contributed by atoms with van der Waals surface area (Å²) in [4.78, 5) is 0. The monoisotopic (exact) mass is 311 g/mol. The van der Waals surface area contributed by atoms with E-state index in [-0.39, 0.29) is 13.2 Å². The molecule has 6 nitrogen and oxygen atoms in total. The quantitative estimate of drug-likeness (QED) is 0.757. The van der Waals surface area contributed by atoms with Crippen LogP contribution in [-0.2, 0) is 13.2 Å². The van der Waals surface area contributed by atoms with Gasteiger partial charge in [0, 0.05) is 6.07 Å². The van der Waals surface area contributed by atoms with Gasteiger partial charge in [-0.15, -0.1) is 5.10 Å². The zero-order valence-corrected chi connectivity index (χ0v) is 12.7. The van der Waals surface area contributed by atoms with Gasteiger partial charge in [0.25, 0.3) is 0 Å². The van der Waals surface area contributed by atoms with Crippen molar-refractivity contribution in [2.24, 2.45) is 0 Å². The lowest BCUT2D eigenvalue weighted by molar-refractivity contribution is 0.263. The number of hydrogen-bond acceptors (Lipinski definition) is 5. The Kier molecular flexibility index (Phi) is 4.54. The number of aromatic nitrogens is 3. The summed E-state index contributed by atoms with van der Waals surface area (Å²) in [6.07, 6.45) is 0. The Bertz CT molecular complexity index is 772. The molecule has 0 amide bonds. The first-order valence-corrected chi connectivity index (χ1v) is 7.18. The highest BCUT2D eigenvalue weighted by molar-refractivity contribution is 5.35. The first-order valence-electron chi connectivity index (χ1n) is 7.18. The van der Waals surface area contributed by atoms with Crippen LogP contribution in [0.25, 0.3) is 5.69 Å². The molecule has 0 unspecified atom stereocenters. The number of aliphatic hydroxyl groups excluding tert-OH is 1. The highest BCUT2D eigenvalue weighted by atomic mass is 16.5. The second kappa shape index (κ2) is 6.93. The van der Waals surface area contributed by atoms with Crippen LogP contribution in [0, 0.1) is 0 Å². The van der Waals surface area contributed by atoms with Gasteiger partial charge in [0.2, 0.25) is 0 Å². The number of para-hydroxylation sites is 1. The largest absolute Gasteiger partial charge is 0.497 e. The molecule has 1 aromatic heterocycles. The van der Waals surface area contributed by atoms with Gasteiger partial charge in [-0.25, -0.2) is 4.68 Å². The molecule has 6 heteroatoms. The van der Waals surface area contributed by atoms with Crippen LogP contribution in [0.15, 0.2) is 54.6 Å². The molecule has 1 heterocycles. The topological polar surface area (TPSA) is 69.4 Å². The Morgan fingerprint density at radius 2 is 1.83 bits per heavy atom. The van der Waals surface area contributed by atoms with Crippen molar-refractivity contribution >= 4 is 0 Å².